The number of hydrogen-bond acceptors (Lipinski definition) is 6. The quantitative estimate of drug-likeness (QED) is 0.788. The number of carbonyl (C=O) groups is 1. The molecule has 2 fully saturated rings. The van der Waals surface area contributed by atoms with Gasteiger partial charge in [0.15, 0.2) is 0 Å². The van der Waals surface area contributed by atoms with E-state index in [2.05, 4.69) is 15.9 Å². The standard InChI is InChI=1S/C21H31N5O2/c1-21(2,3)28-20(27)26-12-10-24(11-13-26)18-6-8-25(9-7-18)19-5-4-17(23)14-16(19)15-22/h4-5,14,18H,6-13,23H2,1-3H3. The normalized spacial score (nSPS) is 19.4. The molecule has 3 rings (SSSR count). The number of ether oxygens (including phenoxy) is 1. The Hall–Kier alpha value is -2.46. The summed E-state index contributed by atoms with van der Waals surface area (Å²) in [6.07, 6.45) is 1.90. The van der Waals surface area contributed by atoms with E-state index in [0.29, 0.717) is 30.4 Å². The van der Waals surface area contributed by atoms with E-state index in [0.717, 1.165) is 44.7 Å². The topological polar surface area (TPSA) is 85.8 Å². The highest BCUT2D eigenvalue weighted by Crippen LogP contribution is 2.27. The number of hydrogen-bond donors (Lipinski definition) is 1. The Kier molecular flexibility index (Phi) is 5.99. The fraction of sp³-hybridized carbons (Fsp3) is 0.619. The molecule has 2 saturated heterocycles. The zero-order chi connectivity index (χ0) is 20.3. The van der Waals surface area contributed by atoms with Gasteiger partial charge in [-0.05, 0) is 51.8 Å². The van der Waals surface area contributed by atoms with Gasteiger partial charge in [0.1, 0.15) is 11.7 Å². The van der Waals surface area contributed by atoms with Gasteiger partial charge in [0.05, 0.1) is 11.3 Å². The lowest BCUT2D eigenvalue weighted by atomic mass is 10.0. The van der Waals surface area contributed by atoms with Crippen LogP contribution in [0.1, 0.15) is 39.2 Å². The van der Waals surface area contributed by atoms with Crippen molar-refractivity contribution in [1.29, 1.82) is 5.26 Å². The molecule has 1 aromatic rings. The van der Waals surface area contributed by atoms with Crippen LogP contribution in [0.3, 0.4) is 0 Å². The summed E-state index contributed by atoms with van der Waals surface area (Å²) in [4.78, 5) is 18.8. The predicted octanol–water partition coefficient (Wildman–Crippen LogP) is 2.66. The summed E-state index contributed by atoms with van der Waals surface area (Å²) in [6, 6.07) is 8.34. The molecule has 0 aliphatic carbocycles. The highest BCUT2D eigenvalue weighted by atomic mass is 16.6. The monoisotopic (exact) mass is 385 g/mol. The fourth-order valence-electron chi connectivity index (χ4n) is 3.99. The Labute approximate surface area is 167 Å². The molecule has 0 unspecified atom stereocenters. The highest BCUT2D eigenvalue weighted by molar-refractivity contribution is 5.68. The molecular formula is C21H31N5O2. The Morgan fingerprint density at radius 3 is 2.36 bits per heavy atom. The summed E-state index contributed by atoms with van der Waals surface area (Å²) in [7, 11) is 0. The largest absolute Gasteiger partial charge is 0.444 e. The molecule has 1 aromatic carbocycles. The van der Waals surface area contributed by atoms with Gasteiger partial charge in [0, 0.05) is 51.0 Å². The first-order chi connectivity index (χ1) is 13.3. The van der Waals surface area contributed by atoms with Gasteiger partial charge in [-0.2, -0.15) is 5.26 Å². The summed E-state index contributed by atoms with van der Waals surface area (Å²) in [5, 5.41) is 9.39. The van der Waals surface area contributed by atoms with E-state index in [4.69, 9.17) is 10.5 Å². The van der Waals surface area contributed by atoms with E-state index in [9.17, 15) is 10.1 Å². The summed E-state index contributed by atoms with van der Waals surface area (Å²) >= 11 is 0. The van der Waals surface area contributed by atoms with Crippen LogP contribution in [-0.2, 0) is 4.74 Å². The maximum Gasteiger partial charge on any atom is 0.410 e. The summed E-state index contributed by atoms with van der Waals surface area (Å²) < 4.78 is 5.48. The van der Waals surface area contributed by atoms with Crippen LogP contribution in [0.2, 0.25) is 0 Å². The summed E-state index contributed by atoms with van der Waals surface area (Å²) in [6.45, 7) is 10.7. The third kappa shape index (κ3) is 4.87. The molecule has 2 N–H and O–H groups in total. The smallest absolute Gasteiger partial charge is 0.410 e. The van der Waals surface area contributed by atoms with Gasteiger partial charge in [-0.15, -0.1) is 0 Å². The molecule has 2 aliphatic rings. The van der Waals surface area contributed by atoms with Crippen molar-refractivity contribution >= 4 is 17.5 Å². The number of carbonyl (C=O) groups excluding carboxylic acids is 1. The minimum atomic E-state index is -0.453. The van der Waals surface area contributed by atoms with Gasteiger partial charge in [-0.3, -0.25) is 4.90 Å². The van der Waals surface area contributed by atoms with Crippen LogP contribution in [0.5, 0.6) is 0 Å². The number of nitrogen functional groups attached to an aromatic ring is 1. The molecule has 0 spiro atoms. The van der Waals surface area contributed by atoms with Gasteiger partial charge in [0.25, 0.3) is 0 Å². The van der Waals surface area contributed by atoms with Gasteiger partial charge in [-0.25, -0.2) is 4.79 Å². The van der Waals surface area contributed by atoms with Crippen molar-refractivity contribution in [2.75, 3.05) is 49.9 Å². The van der Waals surface area contributed by atoms with Crippen LogP contribution < -0.4 is 10.6 Å². The number of benzene rings is 1. The van der Waals surface area contributed by atoms with E-state index in [1.165, 1.54) is 0 Å². The van der Waals surface area contributed by atoms with E-state index in [1.807, 2.05) is 37.8 Å². The third-order valence-corrected chi connectivity index (χ3v) is 5.43. The predicted molar refractivity (Wildman–Crippen MR) is 110 cm³/mol. The van der Waals surface area contributed by atoms with Gasteiger partial charge in [-0.1, -0.05) is 0 Å². The Morgan fingerprint density at radius 2 is 1.79 bits per heavy atom. The van der Waals surface area contributed by atoms with Crippen molar-refractivity contribution < 1.29 is 9.53 Å². The zero-order valence-corrected chi connectivity index (χ0v) is 17.1. The van der Waals surface area contributed by atoms with Crippen LogP contribution in [0.15, 0.2) is 18.2 Å². The summed E-state index contributed by atoms with van der Waals surface area (Å²) in [5.74, 6) is 0. The second-order valence-electron chi connectivity index (χ2n) is 8.61. The van der Waals surface area contributed by atoms with Crippen LogP contribution in [0.25, 0.3) is 0 Å². The van der Waals surface area contributed by atoms with E-state index < -0.39 is 5.60 Å². The van der Waals surface area contributed by atoms with Crippen molar-refractivity contribution in [2.24, 2.45) is 0 Å². The van der Waals surface area contributed by atoms with Crippen LogP contribution in [0, 0.1) is 11.3 Å². The van der Waals surface area contributed by atoms with Crippen molar-refractivity contribution in [2.45, 2.75) is 45.3 Å². The number of nitrogens with two attached hydrogens (primary N) is 1. The number of anilines is 2. The maximum absolute atomic E-state index is 12.2. The lowest BCUT2D eigenvalue weighted by Crippen LogP contribution is -2.55. The van der Waals surface area contributed by atoms with Crippen molar-refractivity contribution in [3.05, 3.63) is 23.8 Å². The Bertz CT molecular complexity index is 736. The minimum Gasteiger partial charge on any atom is -0.444 e. The number of amides is 1. The first-order valence-electron chi connectivity index (χ1n) is 10.0. The van der Waals surface area contributed by atoms with Crippen molar-refractivity contribution in [3.63, 3.8) is 0 Å². The SMILES string of the molecule is CC(C)(C)OC(=O)N1CCN(C2CCN(c3ccc(N)cc3C#N)CC2)CC1. The molecule has 1 amide bonds. The number of nitriles is 1. The van der Waals surface area contributed by atoms with Crippen LogP contribution in [-0.4, -0.2) is 66.8 Å². The average Bonchev–Trinajstić information content (AvgIpc) is 2.67. The number of piperazine rings is 1. The minimum absolute atomic E-state index is 0.214. The Morgan fingerprint density at radius 1 is 1.14 bits per heavy atom. The molecule has 7 nitrogen and oxygen atoms in total. The first-order valence-corrected chi connectivity index (χ1v) is 10.0. The first kappa shape index (κ1) is 20.3. The molecule has 0 bridgehead atoms. The lowest BCUT2D eigenvalue weighted by molar-refractivity contribution is 0.00902. The number of rotatable bonds is 2. The van der Waals surface area contributed by atoms with E-state index in [-0.39, 0.29) is 6.09 Å². The van der Waals surface area contributed by atoms with Crippen LogP contribution >= 0.6 is 0 Å². The molecule has 0 aromatic heterocycles. The zero-order valence-electron chi connectivity index (χ0n) is 17.1. The number of piperidine rings is 1. The van der Waals surface area contributed by atoms with Gasteiger partial charge in [0.2, 0.25) is 0 Å². The van der Waals surface area contributed by atoms with Crippen LogP contribution in [0.4, 0.5) is 16.2 Å². The lowest BCUT2D eigenvalue weighted by Gasteiger charge is -2.43. The maximum atomic E-state index is 12.2. The van der Waals surface area contributed by atoms with Crippen molar-refractivity contribution in [1.82, 2.24) is 9.80 Å². The molecule has 28 heavy (non-hydrogen) atoms. The molecule has 152 valence electrons. The second-order valence-corrected chi connectivity index (χ2v) is 8.61. The molecular weight excluding hydrogens is 354 g/mol. The van der Waals surface area contributed by atoms with Gasteiger partial charge < -0.3 is 20.3 Å². The molecule has 0 saturated carbocycles. The Balaban J connectivity index is 1.50. The van der Waals surface area contributed by atoms with Crippen molar-refractivity contribution in [3.8, 4) is 6.07 Å². The molecule has 2 aliphatic heterocycles. The summed E-state index contributed by atoms with van der Waals surface area (Å²) in [5.41, 5.74) is 7.60. The highest BCUT2D eigenvalue weighted by Gasteiger charge is 2.31. The van der Waals surface area contributed by atoms with Gasteiger partial charge >= 0.3 is 6.09 Å². The molecule has 0 radical (unpaired) electrons. The van der Waals surface area contributed by atoms with E-state index >= 15 is 0 Å². The molecule has 2 heterocycles. The fourth-order valence-corrected chi connectivity index (χ4v) is 3.99. The third-order valence-electron chi connectivity index (χ3n) is 5.43. The average molecular weight is 386 g/mol. The molecule has 7 heteroatoms. The molecule has 0 atom stereocenters. The van der Waals surface area contributed by atoms with E-state index in [1.54, 1.807) is 6.07 Å². The number of nitrogens with zero attached hydrogens (tertiary/aromatic N) is 4. The second kappa shape index (κ2) is 8.27.